The third-order valence-corrected chi connectivity index (χ3v) is 4.38. The van der Waals surface area contributed by atoms with E-state index in [0.717, 1.165) is 17.8 Å². The molecule has 1 aromatic heterocycles. The molecule has 3 aromatic carbocycles. The Kier molecular flexibility index (Phi) is 4.61. The number of aliphatic imine (C=N–C) groups is 1. The van der Waals surface area contributed by atoms with E-state index in [2.05, 4.69) is 9.98 Å². The summed E-state index contributed by atoms with van der Waals surface area (Å²) in [6.45, 7) is 0. The predicted octanol–water partition coefficient (Wildman–Crippen LogP) is 5.67. The number of halogens is 3. The minimum Gasteiger partial charge on any atom is -0.297 e. The minimum absolute atomic E-state index is 0.153. The van der Waals surface area contributed by atoms with Gasteiger partial charge in [0, 0.05) is 11.9 Å². The number of benzene rings is 3. The van der Waals surface area contributed by atoms with Crippen molar-refractivity contribution in [2.45, 2.75) is 6.18 Å². The average Bonchev–Trinajstić information content (AvgIpc) is 3.17. The number of nitriles is 1. The van der Waals surface area contributed by atoms with Crippen molar-refractivity contribution >= 4 is 22.9 Å². The Morgan fingerprint density at radius 2 is 1.72 bits per heavy atom. The first-order valence-electron chi connectivity index (χ1n) is 8.64. The molecule has 1 heterocycles. The lowest BCUT2D eigenvalue weighted by atomic mass is 10.1. The van der Waals surface area contributed by atoms with E-state index in [9.17, 15) is 13.2 Å². The number of nitrogens with zero attached hydrogens (tertiary/aromatic N) is 4. The molecule has 0 amide bonds. The van der Waals surface area contributed by atoms with E-state index < -0.39 is 11.7 Å². The van der Waals surface area contributed by atoms with Crippen LogP contribution in [0.3, 0.4) is 0 Å². The van der Waals surface area contributed by atoms with Crippen molar-refractivity contribution in [1.29, 1.82) is 5.26 Å². The monoisotopic (exact) mass is 390 g/mol. The summed E-state index contributed by atoms with van der Waals surface area (Å²) < 4.78 is 41.8. The summed E-state index contributed by atoms with van der Waals surface area (Å²) in [7, 11) is 0. The van der Waals surface area contributed by atoms with Gasteiger partial charge in [0.05, 0.1) is 33.9 Å². The van der Waals surface area contributed by atoms with Gasteiger partial charge in [-0.15, -0.1) is 0 Å². The summed E-state index contributed by atoms with van der Waals surface area (Å²) in [5.74, 6) is 0. The number of alkyl halides is 3. The number of fused-ring (bicyclic) bond motifs is 1. The Balaban J connectivity index is 1.88. The van der Waals surface area contributed by atoms with Gasteiger partial charge in [-0.25, -0.2) is 4.98 Å². The first kappa shape index (κ1) is 18.4. The van der Waals surface area contributed by atoms with Crippen LogP contribution in [0.5, 0.6) is 0 Å². The van der Waals surface area contributed by atoms with Gasteiger partial charge in [-0.05, 0) is 42.0 Å². The molecular formula is C22H13F3N4. The van der Waals surface area contributed by atoms with Crippen molar-refractivity contribution in [3.8, 4) is 11.8 Å². The Morgan fingerprint density at radius 1 is 1.00 bits per heavy atom. The van der Waals surface area contributed by atoms with E-state index in [4.69, 9.17) is 5.26 Å². The molecule has 7 heteroatoms. The van der Waals surface area contributed by atoms with E-state index in [-0.39, 0.29) is 11.2 Å². The van der Waals surface area contributed by atoms with Gasteiger partial charge in [-0.3, -0.25) is 9.56 Å². The third kappa shape index (κ3) is 3.73. The Bertz CT molecular complexity index is 1230. The van der Waals surface area contributed by atoms with Crippen LogP contribution in [0.4, 0.5) is 18.9 Å². The molecule has 0 saturated carbocycles. The molecule has 0 unspecified atom stereocenters. The quantitative estimate of drug-likeness (QED) is 0.424. The molecule has 4 rings (SSSR count). The van der Waals surface area contributed by atoms with Gasteiger partial charge in [-0.1, -0.05) is 30.3 Å². The molecule has 29 heavy (non-hydrogen) atoms. The molecule has 4 nitrogen and oxygen atoms in total. The van der Waals surface area contributed by atoms with Crippen molar-refractivity contribution in [2.24, 2.45) is 4.99 Å². The normalized spacial score (nSPS) is 11.8. The van der Waals surface area contributed by atoms with Crippen molar-refractivity contribution in [1.82, 2.24) is 9.55 Å². The van der Waals surface area contributed by atoms with Crippen molar-refractivity contribution in [3.05, 3.63) is 89.7 Å². The molecule has 0 spiro atoms. The highest BCUT2D eigenvalue weighted by Gasteiger charge is 2.32. The van der Waals surface area contributed by atoms with E-state index in [1.54, 1.807) is 28.8 Å². The highest BCUT2D eigenvalue weighted by molar-refractivity contribution is 5.93. The van der Waals surface area contributed by atoms with Gasteiger partial charge >= 0.3 is 6.18 Å². The summed E-state index contributed by atoms with van der Waals surface area (Å²) in [6, 6.07) is 19.9. The van der Waals surface area contributed by atoms with Gasteiger partial charge in [-0.2, -0.15) is 18.4 Å². The first-order chi connectivity index (χ1) is 14.0. The van der Waals surface area contributed by atoms with Gasteiger partial charge in [0.15, 0.2) is 0 Å². The van der Waals surface area contributed by atoms with Crippen LogP contribution in [0, 0.1) is 11.3 Å². The lowest BCUT2D eigenvalue weighted by Gasteiger charge is -2.10. The standard InChI is InChI=1S/C22H13F3N4/c23-22(24,25)17-10-19(27-13-16-8-6-15(12-26)7-9-16)21-20(11-17)28-14-29(21)18-4-2-1-3-5-18/h1-11,13-14H. The van der Waals surface area contributed by atoms with E-state index in [1.807, 2.05) is 36.4 Å². The molecule has 0 saturated heterocycles. The SMILES string of the molecule is N#Cc1ccc(C=Nc2cc(C(F)(F)F)cc3ncn(-c4ccccc4)c23)cc1. The molecule has 0 fully saturated rings. The Hall–Kier alpha value is -3.92. The summed E-state index contributed by atoms with van der Waals surface area (Å²) >= 11 is 0. The average molecular weight is 390 g/mol. The lowest BCUT2D eigenvalue weighted by Crippen LogP contribution is -2.05. The topological polar surface area (TPSA) is 54.0 Å². The van der Waals surface area contributed by atoms with Crippen molar-refractivity contribution in [3.63, 3.8) is 0 Å². The van der Waals surface area contributed by atoms with Crippen LogP contribution in [-0.2, 0) is 6.18 Å². The second-order valence-electron chi connectivity index (χ2n) is 6.30. The lowest BCUT2D eigenvalue weighted by molar-refractivity contribution is -0.137. The molecular weight excluding hydrogens is 377 g/mol. The smallest absolute Gasteiger partial charge is 0.297 e. The molecule has 0 N–H and O–H groups in total. The highest BCUT2D eigenvalue weighted by Crippen LogP contribution is 2.37. The fraction of sp³-hybridized carbons (Fsp3) is 0.0455. The molecule has 0 radical (unpaired) electrons. The summed E-state index contributed by atoms with van der Waals surface area (Å²) in [5, 5.41) is 8.88. The summed E-state index contributed by atoms with van der Waals surface area (Å²) in [6.07, 6.45) is -1.55. The summed E-state index contributed by atoms with van der Waals surface area (Å²) in [4.78, 5) is 8.48. The second kappa shape index (κ2) is 7.24. The number of hydrogen-bond acceptors (Lipinski definition) is 3. The molecule has 0 aliphatic carbocycles. The molecule has 0 atom stereocenters. The van der Waals surface area contributed by atoms with Gasteiger partial charge in [0.25, 0.3) is 0 Å². The van der Waals surface area contributed by atoms with Crippen LogP contribution in [0.25, 0.3) is 16.7 Å². The fourth-order valence-electron chi connectivity index (χ4n) is 2.96. The zero-order chi connectivity index (χ0) is 20.4. The zero-order valence-corrected chi connectivity index (χ0v) is 14.9. The third-order valence-electron chi connectivity index (χ3n) is 4.38. The van der Waals surface area contributed by atoms with Crippen molar-refractivity contribution in [2.75, 3.05) is 0 Å². The molecule has 0 aliphatic rings. The Labute approximate surface area is 164 Å². The zero-order valence-electron chi connectivity index (χ0n) is 14.9. The van der Waals surface area contributed by atoms with Gasteiger partial charge < -0.3 is 0 Å². The minimum atomic E-state index is -4.51. The van der Waals surface area contributed by atoms with Crippen LogP contribution in [-0.4, -0.2) is 15.8 Å². The largest absolute Gasteiger partial charge is 0.416 e. The number of imidazole rings is 1. The Morgan fingerprint density at radius 3 is 2.38 bits per heavy atom. The fourth-order valence-corrected chi connectivity index (χ4v) is 2.96. The molecule has 0 aliphatic heterocycles. The van der Waals surface area contributed by atoms with Crippen LogP contribution >= 0.6 is 0 Å². The number of rotatable bonds is 3. The predicted molar refractivity (Wildman–Crippen MR) is 104 cm³/mol. The van der Waals surface area contributed by atoms with Gasteiger partial charge in [0.1, 0.15) is 6.33 Å². The number of aromatic nitrogens is 2. The molecule has 142 valence electrons. The van der Waals surface area contributed by atoms with E-state index in [0.29, 0.717) is 16.6 Å². The van der Waals surface area contributed by atoms with Crippen molar-refractivity contribution < 1.29 is 13.2 Å². The number of para-hydroxylation sites is 1. The van der Waals surface area contributed by atoms with Gasteiger partial charge in [0.2, 0.25) is 0 Å². The maximum Gasteiger partial charge on any atom is 0.416 e. The van der Waals surface area contributed by atoms with Crippen LogP contribution in [0.15, 0.2) is 78.0 Å². The van der Waals surface area contributed by atoms with Crippen LogP contribution in [0.2, 0.25) is 0 Å². The first-order valence-corrected chi connectivity index (χ1v) is 8.64. The summed E-state index contributed by atoms with van der Waals surface area (Å²) in [5.41, 5.74) is 1.95. The molecule has 4 aromatic rings. The second-order valence-corrected chi connectivity index (χ2v) is 6.30. The van der Waals surface area contributed by atoms with Crippen LogP contribution in [0.1, 0.15) is 16.7 Å². The maximum absolute atomic E-state index is 13.4. The van der Waals surface area contributed by atoms with E-state index >= 15 is 0 Å². The highest BCUT2D eigenvalue weighted by atomic mass is 19.4. The van der Waals surface area contributed by atoms with Crippen LogP contribution < -0.4 is 0 Å². The molecule has 0 bridgehead atoms. The van der Waals surface area contributed by atoms with E-state index in [1.165, 1.54) is 12.5 Å². The maximum atomic E-state index is 13.4. The number of hydrogen-bond donors (Lipinski definition) is 0.